The summed E-state index contributed by atoms with van der Waals surface area (Å²) in [7, 11) is 0. The van der Waals surface area contributed by atoms with Crippen molar-refractivity contribution in [1.29, 1.82) is 0 Å². The Bertz CT molecular complexity index is 976. The third-order valence-corrected chi connectivity index (χ3v) is 8.17. The van der Waals surface area contributed by atoms with Crippen molar-refractivity contribution in [2.75, 3.05) is 0 Å². The number of fused-ring (bicyclic) bond motifs is 1. The highest BCUT2D eigenvalue weighted by Crippen LogP contribution is 2.55. The molecule has 4 saturated carbocycles. The first-order valence-corrected chi connectivity index (χ1v) is 11.7. The van der Waals surface area contributed by atoms with E-state index in [-0.39, 0.29) is 17.6 Å². The summed E-state index contributed by atoms with van der Waals surface area (Å²) < 4.78 is 0. The molecular formula is C24H25Cl2N3O. The summed E-state index contributed by atoms with van der Waals surface area (Å²) in [6.45, 7) is 0. The fourth-order valence-corrected chi connectivity index (χ4v) is 7.38. The molecule has 4 fully saturated rings. The highest BCUT2D eigenvalue weighted by atomic mass is 35.5. The smallest absolute Gasteiger partial charge is 0.270 e. The van der Waals surface area contributed by atoms with Crippen LogP contribution in [0.1, 0.15) is 50.3 Å². The van der Waals surface area contributed by atoms with Crippen LogP contribution in [0.5, 0.6) is 0 Å². The molecule has 4 bridgehead atoms. The van der Waals surface area contributed by atoms with Gasteiger partial charge in [-0.1, -0.05) is 35.3 Å². The van der Waals surface area contributed by atoms with E-state index in [0.29, 0.717) is 15.7 Å². The summed E-state index contributed by atoms with van der Waals surface area (Å²) in [5.41, 5.74) is 2.39. The first-order valence-electron chi connectivity index (χ1n) is 10.9. The van der Waals surface area contributed by atoms with Gasteiger partial charge in [0, 0.05) is 27.3 Å². The van der Waals surface area contributed by atoms with Gasteiger partial charge in [0.25, 0.3) is 5.91 Å². The second kappa shape index (κ2) is 6.80. The first kappa shape index (κ1) is 18.8. The zero-order chi connectivity index (χ0) is 20.5. The van der Waals surface area contributed by atoms with E-state index in [1.807, 2.05) is 36.6 Å². The van der Waals surface area contributed by atoms with Crippen LogP contribution in [0, 0.1) is 17.8 Å². The predicted octanol–water partition coefficient (Wildman–Crippen LogP) is 5.28. The average molecular weight is 442 g/mol. The number of hydrogen-bond acceptors (Lipinski definition) is 3. The van der Waals surface area contributed by atoms with Gasteiger partial charge in [-0.3, -0.25) is 4.79 Å². The van der Waals surface area contributed by atoms with Crippen LogP contribution in [-0.2, 0) is 4.79 Å². The van der Waals surface area contributed by atoms with Gasteiger partial charge in [-0.05, 0) is 80.6 Å². The van der Waals surface area contributed by atoms with E-state index in [1.165, 1.54) is 19.3 Å². The molecule has 0 radical (unpaired) electrons. The third-order valence-electron chi connectivity index (χ3n) is 7.61. The number of amides is 1. The van der Waals surface area contributed by atoms with Gasteiger partial charge in [0.2, 0.25) is 0 Å². The molecule has 2 heterocycles. The van der Waals surface area contributed by atoms with Gasteiger partial charge < -0.3 is 15.5 Å². The zero-order valence-electron chi connectivity index (χ0n) is 16.7. The molecule has 6 aliphatic rings. The van der Waals surface area contributed by atoms with Crippen molar-refractivity contribution in [1.82, 2.24) is 15.5 Å². The Balaban J connectivity index is 1.29. The largest absolute Gasteiger partial charge is 0.355 e. The van der Waals surface area contributed by atoms with Crippen molar-refractivity contribution >= 4 is 29.1 Å². The van der Waals surface area contributed by atoms with Crippen molar-refractivity contribution in [2.24, 2.45) is 17.8 Å². The fourth-order valence-electron chi connectivity index (χ4n) is 6.87. The SMILES string of the molecule is O=C(NC12CC3CC(CC(C3)C1)C2)C1=C2C=CC=CN2C(c2ccc(Cl)cc2Cl)N1. The van der Waals surface area contributed by atoms with E-state index in [1.54, 1.807) is 6.07 Å². The quantitative estimate of drug-likeness (QED) is 0.670. The Morgan fingerprint density at radius 3 is 2.43 bits per heavy atom. The molecule has 4 nitrogen and oxygen atoms in total. The van der Waals surface area contributed by atoms with Crippen LogP contribution in [0.25, 0.3) is 0 Å². The van der Waals surface area contributed by atoms with Gasteiger partial charge in [-0.15, -0.1) is 0 Å². The second-order valence-corrected chi connectivity index (χ2v) is 10.6. The lowest BCUT2D eigenvalue weighted by atomic mass is 9.53. The van der Waals surface area contributed by atoms with Gasteiger partial charge in [-0.2, -0.15) is 0 Å². The molecule has 6 heteroatoms. The number of nitrogens with zero attached hydrogens (tertiary/aromatic N) is 1. The highest BCUT2D eigenvalue weighted by Gasteiger charge is 2.52. The number of carbonyl (C=O) groups excluding carboxylic acids is 1. The highest BCUT2D eigenvalue weighted by molar-refractivity contribution is 6.35. The Kier molecular flexibility index (Phi) is 4.26. The van der Waals surface area contributed by atoms with Gasteiger partial charge >= 0.3 is 0 Å². The minimum Gasteiger partial charge on any atom is -0.355 e. The van der Waals surface area contributed by atoms with Crippen LogP contribution in [-0.4, -0.2) is 16.3 Å². The minimum absolute atomic E-state index is 0.00415. The molecule has 2 N–H and O–H groups in total. The number of halogens is 2. The molecule has 0 aromatic heterocycles. The number of allylic oxidation sites excluding steroid dienone is 3. The van der Waals surface area contributed by atoms with E-state index < -0.39 is 0 Å². The lowest BCUT2D eigenvalue weighted by Crippen LogP contribution is -2.60. The van der Waals surface area contributed by atoms with Gasteiger partial charge in [0.15, 0.2) is 0 Å². The van der Waals surface area contributed by atoms with Crippen LogP contribution in [0.4, 0.5) is 0 Å². The van der Waals surface area contributed by atoms with Crippen molar-refractivity contribution < 1.29 is 4.79 Å². The monoisotopic (exact) mass is 441 g/mol. The maximum atomic E-state index is 13.5. The normalized spacial score (nSPS) is 35.6. The van der Waals surface area contributed by atoms with Gasteiger partial charge in [0.05, 0.1) is 5.70 Å². The van der Waals surface area contributed by atoms with Gasteiger partial charge in [0.1, 0.15) is 11.9 Å². The molecule has 1 amide bonds. The Morgan fingerprint density at radius 1 is 1.07 bits per heavy atom. The van der Waals surface area contributed by atoms with Crippen molar-refractivity contribution in [3.8, 4) is 0 Å². The zero-order valence-corrected chi connectivity index (χ0v) is 18.2. The van der Waals surface area contributed by atoms with E-state index in [0.717, 1.165) is 48.3 Å². The molecule has 1 unspecified atom stereocenters. The molecule has 1 aromatic rings. The molecule has 1 atom stereocenters. The average Bonchev–Trinajstić information content (AvgIpc) is 3.06. The Labute approximate surface area is 187 Å². The molecule has 30 heavy (non-hydrogen) atoms. The molecule has 7 rings (SSSR count). The summed E-state index contributed by atoms with van der Waals surface area (Å²) >= 11 is 12.6. The number of hydrogen-bond donors (Lipinski definition) is 2. The lowest BCUT2D eigenvalue weighted by Gasteiger charge is -2.56. The standard InChI is InChI=1S/C24H25Cl2N3O/c25-17-4-5-18(19(26)10-17)22-27-21(20-3-1-2-6-29(20)22)23(30)28-24-11-14-7-15(12-24)9-16(8-14)13-24/h1-6,10,14-16,22,27H,7-9,11-13H2,(H,28,30). The number of rotatable bonds is 3. The molecule has 2 aliphatic heterocycles. The van der Waals surface area contributed by atoms with Crippen LogP contribution < -0.4 is 10.6 Å². The maximum Gasteiger partial charge on any atom is 0.270 e. The van der Waals surface area contributed by atoms with Crippen molar-refractivity contribution in [2.45, 2.75) is 50.2 Å². The van der Waals surface area contributed by atoms with Crippen molar-refractivity contribution in [3.05, 3.63) is 69.6 Å². The number of nitrogens with one attached hydrogen (secondary N) is 2. The molecule has 4 aliphatic carbocycles. The summed E-state index contributed by atoms with van der Waals surface area (Å²) in [6.07, 6.45) is 15.2. The minimum atomic E-state index is -0.233. The van der Waals surface area contributed by atoms with Crippen LogP contribution in [0.2, 0.25) is 10.0 Å². The Morgan fingerprint density at radius 2 is 1.77 bits per heavy atom. The fraction of sp³-hybridized carbons (Fsp3) is 0.458. The number of benzene rings is 1. The predicted molar refractivity (Wildman–Crippen MR) is 119 cm³/mol. The molecule has 0 saturated heterocycles. The Hall–Kier alpha value is -1.91. The van der Waals surface area contributed by atoms with Crippen LogP contribution in [0.15, 0.2) is 54.0 Å². The van der Waals surface area contributed by atoms with E-state index in [9.17, 15) is 4.79 Å². The topological polar surface area (TPSA) is 44.4 Å². The summed E-state index contributed by atoms with van der Waals surface area (Å²) in [5, 5.41) is 8.14. The van der Waals surface area contributed by atoms with E-state index in [2.05, 4.69) is 15.5 Å². The van der Waals surface area contributed by atoms with E-state index >= 15 is 0 Å². The van der Waals surface area contributed by atoms with Crippen LogP contribution >= 0.6 is 23.2 Å². The molecule has 156 valence electrons. The summed E-state index contributed by atoms with van der Waals surface area (Å²) in [6, 6.07) is 5.50. The number of carbonyl (C=O) groups is 1. The van der Waals surface area contributed by atoms with Crippen molar-refractivity contribution in [3.63, 3.8) is 0 Å². The third kappa shape index (κ3) is 2.99. The second-order valence-electron chi connectivity index (χ2n) is 9.73. The summed E-state index contributed by atoms with van der Waals surface area (Å²) in [5.74, 6) is 2.38. The molecular weight excluding hydrogens is 417 g/mol. The molecule has 1 aromatic carbocycles. The first-order chi connectivity index (χ1) is 14.5. The summed E-state index contributed by atoms with van der Waals surface area (Å²) in [4.78, 5) is 15.6. The van der Waals surface area contributed by atoms with E-state index in [4.69, 9.17) is 23.2 Å². The molecule has 0 spiro atoms. The lowest BCUT2D eigenvalue weighted by molar-refractivity contribution is -0.123. The maximum absolute atomic E-state index is 13.5. The van der Waals surface area contributed by atoms with Crippen LogP contribution in [0.3, 0.4) is 0 Å². The van der Waals surface area contributed by atoms with Gasteiger partial charge in [-0.25, -0.2) is 0 Å².